The molecule has 8 rings (SSSR count). The predicted octanol–water partition coefficient (Wildman–Crippen LogP) is -2.59. The average molecular weight is 1100 g/mol. The predicted molar refractivity (Wildman–Crippen MR) is 262 cm³/mol. The Hall–Kier alpha value is -1.18. The summed E-state index contributed by atoms with van der Waals surface area (Å²) in [5, 5.41) is 163. The fraction of sp³-hybridized carbons (Fsp3) is 0.962. The molecule has 0 aromatic rings. The Bertz CT molecular complexity index is 1960. The molecule has 10 unspecified atom stereocenters. The van der Waals surface area contributed by atoms with Crippen LogP contribution >= 0.6 is 0 Å². The molecule has 29 atom stereocenters. The van der Waals surface area contributed by atoms with Crippen LogP contribution in [0.2, 0.25) is 0 Å². The van der Waals surface area contributed by atoms with E-state index >= 15 is 0 Å². The van der Waals surface area contributed by atoms with E-state index in [0.717, 1.165) is 31.3 Å². The molecule has 76 heavy (non-hydrogen) atoms. The van der Waals surface area contributed by atoms with Crippen molar-refractivity contribution in [1.82, 2.24) is 0 Å². The number of aliphatic hydroxyl groups excluding tert-OH is 15. The van der Waals surface area contributed by atoms with Crippen LogP contribution in [0.5, 0.6) is 0 Å². The van der Waals surface area contributed by atoms with Gasteiger partial charge in [0.1, 0.15) is 91.6 Å². The van der Waals surface area contributed by atoms with Crippen molar-refractivity contribution in [2.75, 3.05) is 33.0 Å². The summed E-state index contributed by atoms with van der Waals surface area (Å²) < 4.78 is 48.5. The third-order valence-electron chi connectivity index (χ3n) is 20.5. The second kappa shape index (κ2) is 23.2. The summed E-state index contributed by atoms with van der Waals surface area (Å²) in [4.78, 5) is 0. The molecule has 0 radical (unpaired) electrons. The summed E-state index contributed by atoms with van der Waals surface area (Å²) in [6, 6.07) is 0. The van der Waals surface area contributed by atoms with Crippen LogP contribution in [0.1, 0.15) is 106 Å². The van der Waals surface area contributed by atoms with Gasteiger partial charge < -0.3 is 114 Å². The number of rotatable bonds is 16. The zero-order valence-corrected chi connectivity index (χ0v) is 44.9. The van der Waals surface area contributed by atoms with Gasteiger partial charge in [0.15, 0.2) is 25.2 Å². The molecule has 23 heteroatoms. The molecule has 4 aliphatic carbocycles. The minimum Gasteiger partial charge on any atom is -0.396 e. The molecule has 0 bridgehead atoms. The van der Waals surface area contributed by atoms with Crippen LogP contribution in [0.4, 0.5) is 0 Å². The summed E-state index contributed by atoms with van der Waals surface area (Å²) in [5.74, 6) is -0.342. The first kappa shape index (κ1) is 60.9. The first-order chi connectivity index (χ1) is 35.7. The van der Waals surface area contributed by atoms with E-state index in [1.165, 1.54) is 0 Å². The van der Waals surface area contributed by atoms with Crippen molar-refractivity contribution in [3.05, 3.63) is 11.6 Å². The maximum Gasteiger partial charge on any atom is 0.187 e. The van der Waals surface area contributed by atoms with Gasteiger partial charge in [-0.15, -0.1) is 0 Å². The van der Waals surface area contributed by atoms with Crippen molar-refractivity contribution < 1.29 is 114 Å². The Labute approximate surface area is 444 Å². The van der Waals surface area contributed by atoms with Crippen molar-refractivity contribution in [2.45, 2.75) is 241 Å². The van der Waals surface area contributed by atoms with Crippen LogP contribution in [-0.2, 0) is 37.9 Å². The highest BCUT2D eigenvalue weighted by atomic mass is 16.8. The highest BCUT2D eigenvalue weighted by Crippen LogP contribution is 2.76. The molecule has 4 aliphatic heterocycles. The van der Waals surface area contributed by atoms with Crippen LogP contribution in [0, 0.1) is 45.3 Å². The van der Waals surface area contributed by atoms with E-state index in [-0.39, 0.29) is 54.1 Å². The van der Waals surface area contributed by atoms with Crippen LogP contribution in [0.15, 0.2) is 11.6 Å². The molecule has 0 aromatic carbocycles. The summed E-state index contributed by atoms with van der Waals surface area (Å²) >= 11 is 0. The Balaban J connectivity index is 1.02. The highest BCUT2D eigenvalue weighted by Gasteiger charge is 2.72. The van der Waals surface area contributed by atoms with Gasteiger partial charge in [-0.05, 0) is 118 Å². The number of hydrogen-bond acceptors (Lipinski definition) is 23. The van der Waals surface area contributed by atoms with Gasteiger partial charge in [0.25, 0.3) is 0 Å². The van der Waals surface area contributed by atoms with E-state index in [9.17, 15) is 76.6 Å². The number of ether oxygens (including phenoxy) is 8. The molecule has 4 saturated carbocycles. The Morgan fingerprint density at radius 2 is 1.17 bits per heavy atom. The van der Waals surface area contributed by atoms with Crippen molar-refractivity contribution in [3.63, 3.8) is 0 Å². The molecule has 0 aromatic heterocycles. The minimum absolute atomic E-state index is 0.0720. The summed E-state index contributed by atoms with van der Waals surface area (Å²) in [6.45, 7) is 12.1. The molecule has 440 valence electrons. The Morgan fingerprint density at radius 3 is 1.80 bits per heavy atom. The average Bonchev–Trinajstić information content (AvgIpc) is 3.93. The molecule has 23 nitrogen and oxygen atoms in total. The zero-order chi connectivity index (χ0) is 55.8. The number of hydrogen-bond donors (Lipinski definition) is 15. The van der Waals surface area contributed by atoms with Crippen molar-refractivity contribution >= 4 is 0 Å². The molecule has 8 aliphatic rings. The van der Waals surface area contributed by atoms with Crippen LogP contribution in [0.3, 0.4) is 0 Å². The van der Waals surface area contributed by atoms with Crippen LogP contribution < -0.4 is 0 Å². The van der Waals surface area contributed by atoms with Gasteiger partial charge in [-0.25, -0.2) is 0 Å². The molecule has 8 fully saturated rings. The standard InChI is InChI=1S/C53H90O23/c1-23(2)9-8-14-52(7,76-47-42(68)38(64)36(62)30(73-47)21-70-45-40(66)33(59)27(58)20-69-45)25-12-15-50(5)24(25)10-11-32-51(50,6)16-13-31-49(3,4)44(26(57)17-53(31,32)22-56)75-48-43(39(65)35(61)29(19-55)72-48)74-46-41(67)37(63)34(60)28(18-54)71-46/h9,24-48,54-68H,8,10-22H2,1-7H3/t24?,25?,26?,27-,28-,29-,30-,31?,32?,33+,34-,35-,36-,37+,38+,39+,40-,41-,42-,43-,44?,45-,46+,47+,48+,50?,51?,52?,53?/m1/s1. The van der Waals surface area contributed by atoms with E-state index in [4.69, 9.17) is 37.9 Å². The fourth-order valence-electron chi connectivity index (χ4n) is 16.1. The third-order valence-corrected chi connectivity index (χ3v) is 20.5. The largest absolute Gasteiger partial charge is 0.396 e. The summed E-state index contributed by atoms with van der Waals surface area (Å²) in [7, 11) is 0. The van der Waals surface area contributed by atoms with Crippen molar-refractivity contribution in [2.24, 2.45) is 45.3 Å². The normalized spacial score (nSPS) is 52.2. The minimum atomic E-state index is -1.87. The van der Waals surface area contributed by atoms with Crippen LogP contribution in [-0.4, -0.2) is 244 Å². The SMILES string of the molecule is CC(C)=CCCC(C)(O[C@@H]1O[C@H](CO[C@H]2OC[C@@H](O)[C@H](O)[C@H]2O)[C@@H](O)[C@H](O)[C@H]1O)C1CCC2(C)C1CCC1C3(CO)CC(O)C(O[C@@H]4O[C@H](CO)[C@@H](O)[C@H](O)[C@H]4O[C@@H]4O[C@H](CO)[C@@H](O)[C@H](O)[C@H]4O)C(C)(C)C3CCC12C. The molecular weight excluding hydrogens is 1000 g/mol. The maximum absolute atomic E-state index is 12.5. The van der Waals surface area contributed by atoms with E-state index in [1.54, 1.807) is 0 Å². The van der Waals surface area contributed by atoms with Gasteiger partial charge in [-0.1, -0.05) is 39.3 Å². The van der Waals surface area contributed by atoms with Gasteiger partial charge in [-0.3, -0.25) is 0 Å². The van der Waals surface area contributed by atoms with Gasteiger partial charge in [0.05, 0.1) is 44.2 Å². The summed E-state index contributed by atoms with van der Waals surface area (Å²) in [5.41, 5.74) is -2.26. The third kappa shape index (κ3) is 10.5. The molecule has 4 heterocycles. The monoisotopic (exact) mass is 1090 g/mol. The Morgan fingerprint density at radius 1 is 0.592 bits per heavy atom. The lowest BCUT2D eigenvalue weighted by Gasteiger charge is -2.71. The fourth-order valence-corrected chi connectivity index (χ4v) is 16.1. The van der Waals surface area contributed by atoms with Gasteiger partial charge in [0, 0.05) is 12.0 Å². The number of aliphatic hydroxyl groups is 15. The quantitative estimate of drug-likeness (QED) is 0.0557. The van der Waals surface area contributed by atoms with Gasteiger partial charge in [0.2, 0.25) is 0 Å². The Kier molecular flexibility index (Phi) is 18.6. The van der Waals surface area contributed by atoms with Crippen molar-refractivity contribution in [3.8, 4) is 0 Å². The molecule has 15 N–H and O–H groups in total. The van der Waals surface area contributed by atoms with E-state index in [2.05, 4.69) is 19.9 Å². The summed E-state index contributed by atoms with van der Waals surface area (Å²) in [6.07, 6.45) is -24.7. The molecule has 0 spiro atoms. The lowest BCUT2D eigenvalue weighted by atomic mass is 9.35. The molecule has 4 saturated heterocycles. The van der Waals surface area contributed by atoms with E-state index in [1.807, 2.05) is 34.6 Å². The lowest BCUT2D eigenvalue weighted by Crippen LogP contribution is -2.70. The first-order valence-corrected chi connectivity index (χ1v) is 27.5. The second-order valence-electron chi connectivity index (χ2n) is 25.2. The first-order valence-electron chi connectivity index (χ1n) is 27.5. The highest BCUT2D eigenvalue weighted by molar-refractivity contribution is 5.21. The van der Waals surface area contributed by atoms with Gasteiger partial charge >= 0.3 is 0 Å². The number of allylic oxidation sites excluding steroid dienone is 2. The zero-order valence-electron chi connectivity index (χ0n) is 44.9. The maximum atomic E-state index is 12.5. The second-order valence-corrected chi connectivity index (χ2v) is 25.2. The van der Waals surface area contributed by atoms with E-state index in [0.29, 0.717) is 25.7 Å². The smallest absolute Gasteiger partial charge is 0.187 e. The van der Waals surface area contributed by atoms with Crippen LogP contribution in [0.25, 0.3) is 0 Å². The van der Waals surface area contributed by atoms with Crippen molar-refractivity contribution in [1.29, 1.82) is 0 Å². The molecular formula is C53H90O23. The topological polar surface area (TPSA) is 377 Å². The molecule has 0 amide bonds. The lowest BCUT2D eigenvalue weighted by molar-refractivity contribution is -0.383. The number of fused-ring (bicyclic) bond motifs is 5. The van der Waals surface area contributed by atoms with E-state index < -0.39 is 165 Å². The van der Waals surface area contributed by atoms with Gasteiger partial charge in [-0.2, -0.15) is 0 Å².